The number of carbonyl (C=O) groups is 2. The molecule has 3 rings (SSSR count). The third kappa shape index (κ3) is 3.79. The van der Waals surface area contributed by atoms with Gasteiger partial charge in [-0.1, -0.05) is 24.3 Å². The zero-order valence-electron chi connectivity index (χ0n) is 15.2. The summed E-state index contributed by atoms with van der Waals surface area (Å²) in [4.78, 5) is 26.5. The zero-order chi connectivity index (χ0) is 18.7. The van der Waals surface area contributed by atoms with Gasteiger partial charge in [-0.2, -0.15) is 0 Å². The maximum atomic E-state index is 12.6. The van der Waals surface area contributed by atoms with Gasteiger partial charge in [0.25, 0.3) is 0 Å². The van der Waals surface area contributed by atoms with E-state index in [0.717, 1.165) is 11.4 Å². The predicted octanol–water partition coefficient (Wildman–Crippen LogP) is 3.12. The summed E-state index contributed by atoms with van der Waals surface area (Å²) in [7, 11) is 1.32. The van der Waals surface area contributed by atoms with Gasteiger partial charge < -0.3 is 20.3 Å². The number of carbonyl (C=O) groups excluding carboxylic acids is 2. The molecule has 2 aromatic carbocycles. The van der Waals surface area contributed by atoms with E-state index in [2.05, 4.69) is 24.5 Å². The molecule has 1 heterocycles. The van der Waals surface area contributed by atoms with Crippen molar-refractivity contribution >= 4 is 28.9 Å². The molecule has 1 aliphatic heterocycles. The Bertz CT molecular complexity index is 833. The van der Waals surface area contributed by atoms with Crippen LogP contribution in [0.3, 0.4) is 0 Å². The van der Waals surface area contributed by atoms with Gasteiger partial charge in [0.2, 0.25) is 5.91 Å². The number of ether oxygens (including phenoxy) is 1. The first-order chi connectivity index (χ1) is 12.4. The number of amides is 1. The molecule has 0 spiro atoms. The third-order valence-electron chi connectivity index (χ3n) is 4.24. The maximum Gasteiger partial charge on any atom is 0.339 e. The van der Waals surface area contributed by atoms with Crippen LogP contribution < -0.4 is 15.5 Å². The highest BCUT2D eigenvalue weighted by atomic mass is 16.5. The molecule has 1 aliphatic rings. The van der Waals surface area contributed by atoms with Crippen LogP contribution in [0, 0.1) is 0 Å². The van der Waals surface area contributed by atoms with E-state index in [9.17, 15) is 9.59 Å². The summed E-state index contributed by atoms with van der Waals surface area (Å²) in [6, 6.07) is 14.8. The van der Waals surface area contributed by atoms with Crippen LogP contribution in [0.4, 0.5) is 17.1 Å². The maximum absolute atomic E-state index is 12.6. The minimum Gasteiger partial charge on any atom is -0.465 e. The number of hydrogen-bond acceptors (Lipinski definition) is 5. The van der Waals surface area contributed by atoms with E-state index in [1.807, 2.05) is 29.2 Å². The standard InChI is InChI=1S/C20H23N3O3/c1-20(2)13-23(17-11-7-6-10-16(17)22-20)12-18(24)21-15-9-5-4-8-14(15)19(25)26-3/h4-11,22H,12-13H2,1-3H3,(H,21,24). The first-order valence-electron chi connectivity index (χ1n) is 8.49. The fraction of sp³-hybridized carbons (Fsp3) is 0.300. The van der Waals surface area contributed by atoms with Crippen molar-refractivity contribution in [1.82, 2.24) is 0 Å². The fourth-order valence-electron chi connectivity index (χ4n) is 3.21. The lowest BCUT2D eigenvalue weighted by atomic mass is 9.99. The number of anilines is 3. The van der Waals surface area contributed by atoms with Gasteiger partial charge in [0.15, 0.2) is 0 Å². The Morgan fingerprint density at radius 3 is 2.62 bits per heavy atom. The average Bonchev–Trinajstić information content (AvgIpc) is 2.60. The van der Waals surface area contributed by atoms with Crippen LogP contribution in [0.2, 0.25) is 0 Å². The van der Waals surface area contributed by atoms with Crippen molar-refractivity contribution in [2.75, 3.05) is 35.7 Å². The lowest BCUT2D eigenvalue weighted by Gasteiger charge is -2.41. The number of para-hydroxylation sites is 3. The number of methoxy groups -OCH3 is 1. The summed E-state index contributed by atoms with van der Waals surface area (Å²) in [6.45, 7) is 5.08. The highest BCUT2D eigenvalue weighted by Gasteiger charge is 2.30. The summed E-state index contributed by atoms with van der Waals surface area (Å²) in [6.07, 6.45) is 0. The van der Waals surface area contributed by atoms with Crippen molar-refractivity contribution < 1.29 is 14.3 Å². The number of benzene rings is 2. The van der Waals surface area contributed by atoms with Gasteiger partial charge >= 0.3 is 5.97 Å². The minimum absolute atomic E-state index is 0.154. The van der Waals surface area contributed by atoms with E-state index in [0.29, 0.717) is 17.8 Å². The number of fused-ring (bicyclic) bond motifs is 1. The molecular formula is C20H23N3O3. The number of hydrogen-bond donors (Lipinski definition) is 2. The first-order valence-corrected chi connectivity index (χ1v) is 8.49. The third-order valence-corrected chi connectivity index (χ3v) is 4.24. The largest absolute Gasteiger partial charge is 0.465 e. The van der Waals surface area contributed by atoms with Gasteiger partial charge in [-0.05, 0) is 38.1 Å². The van der Waals surface area contributed by atoms with Crippen LogP contribution in [0.5, 0.6) is 0 Å². The van der Waals surface area contributed by atoms with Crippen LogP contribution in [0.15, 0.2) is 48.5 Å². The van der Waals surface area contributed by atoms with Gasteiger partial charge in [-0.25, -0.2) is 4.79 Å². The molecule has 1 amide bonds. The van der Waals surface area contributed by atoms with Crippen LogP contribution >= 0.6 is 0 Å². The molecule has 0 saturated carbocycles. The van der Waals surface area contributed by atoms with Gasteiger partial charge in [0.05, 0.1) is 36.3 Å². The van der Waals surface area contributed by atoms with Gasteiger partial charge in [0, 0.05) is 12.1 Å². The van der Waals surface area contributed by atoms with Crippen LogP contribution in [0.1, 0.15) is 24.2 Å². The van der Waals surface area contributed by atoms with Gasteiger partial charge in [0.1, 0.15) is 0 Å². The molecule has 0 fully saturated rings. The van der Waals surface area contributed by atoms with Crippen molar-refractivity contribution in [3.05, 3.63) is 54.1 Å². The molecule has 136 valence electrons. The van der Waals surface area contributed by atoms with Gasteiger partial charge in [-0.3, -0.25) is 4.79 Å². The Morgan fingerprint density at radius 2 is 1.85 bits per heavy atom. The predicted molar refractivity (Wildman–Crippen MR) is 103 cm³/mol. The first kappa shape index (κ1) is 17.8. The number of esters is 1. The summed E-state index contributed by atoms with van der Waals surface area (Å²) >= 11 is 0. The van der Waals surface area contributed by atoms with E-state index in [1.165, 1.54) is 7.11 Å². The SMILES string of the molecule is COC(=O)c1ccccc1NC(=O)CN1CC(C)(C)Nc2ccccc21. The fourth-order valence-corrected chi connectivity index (χ4v) is 3.21. The molecule has 2 aromatic rings. The smallest absolute Gasteiger partial charge is 0.339 e. The van der Waals surface area contributed by atoms with Crippen LogP contribution in [0.25, 0.3) is 0 Å². The van der Waals surface area contributed by atoms with Crippen molar-refractivity contribution in [2.45, 2.75) is 19.4 Å². The number of nitrogens with one attached hydrogen (secondary N) is 2. The number of rotatable bonds is 4. The molecule has 6 heteroatoms. The van der Waals surface area contributed by atoms with E-state index < -0.39 is 5.97 Å². The summed E-state index contributed by atoms with van der Waals surface area (Å²) < 4.78 is 4.77. The molecule has 6 nitrogen and oxygen atoms in total. The number of nitrogens with zero attached hydrogens (tertiary/aromatic N) is 1. The molecule has 0 bridgehead atoms. The quantitative estimate of drug-likeness (QED) is 0.827. The highest BCUT2D eigenvalue weighted by molar-refractivity contribution is 6.02. The van der Waals surface area contributed by atoms with E-state index in [4.69, 9.17) is 4.74 Å². The Labute approximate surface area is 153 Å². The molecule has 2 N–H and O–H groups in total. The summed E-state index contributed by atoms with van der Waals surface area (Å²) in [5.41, 5.74) is 2.63. The lowest BCUT2D eigenvalue weighted by Crippen LogP contribution is -2.50. The molecule has 0 aliphatic carbocycles. The van der Waals surface area contributed by atoms with E-state index in [1.54, 1.807) is 24.3 Å². The van der Waals surface area contributed by atoms with Crippen molar-refractivity contribution in [3.8, 4) is 0 Å². The summed E-state index contributed by atoms with van der Waals surface area (Å²) in [5.74, 6) is -0.664. The molecule has 0 radical (unpaired) electrons. The average molecular weight is 353 g/mol. The molecule has 0 aromatic heterocycles. The molecule has 0 saturated heterocycles. The Kier molecular flexibility index (Phi) is 4.84. The topological polar surface area (TPSA) is 70.7 Å². The van der Waals surface area contributed by atoms with Crippen LogP contribution in [-0.2, 0) is 9.53 Å². The van der Waals surface area contributed by atoms with Crippen molar-refractivity contribution in [2.24, 2.45) is 0 Å². The molecule has 0 unspecified atom stereocenters. The van der Waals surface area contributed by atoms with Crippen molar-refractivity contribution in [3.63, 3.8) is 0 Å². The van der Waals surface area contributed by atoms with Crippen molar-refractivity contribution in [1.29, 1.82) is 0 Å². The molecule has 26 heavy (non-hydrogen) atoms. The monoisotopic (exact) mass is 353 g/mol. The second-order valence-electron chi connectivity index (χ2n) is 6.97. The molecule has 0 atom stereocenters. The minimum atomic E-state index is -0.477. The second kappa shape index (κ2) is 7.07. The van der Waals surface area contributed by atoms with Crippen LogP contribution in [-0.4, -0.2) is 37.6 Å². The van der Waals surface area contributed by atoms with E-state index >= 15 is 0 Å². The Hall–Kier alpha value is -3.02. The zero-order valence-corrected chi connectivity index (χ0v) is 15.2. The van der Waals surface area contributed by atoms with Gasteiger partial charge in [-0.15, -0.1) is 0 Å². The van der Waals surface area contributed by atoms with E-state index in [-0.39, 0.29) is 18.0 Å². The summed E-state index contributed by atoms with van der Waals surface area (Å²) in [5, 5.41) is 6.32. The highest BCUT2D eigenvalue weighted by Crippen LogP contribution is 2.33. The lowest BCUT2D eigenvalue weighted by molar-refractivity contribution is -0.115. The normalized spacial score (nSPS) is 14.8. The molecular weight excluding hydrogens is 330 g/mol. The Balaban J connectivity index is 1.78. The Morgan fingerprint density at radius 1 is 1.15 bits per heavy atom. The second-order valence-corrected chi connectivity index (χ2v) is 6.97.